The zero-order valence-electron chi connectivity index (χ0n) is 16.5. The molecule has 132 valence electrons. The van der Waals surface area contributed by atoms with E-state index in [1.807, 2.05) is 34.6 Å². The summed E-state index contributed by atoms with van der Waals surface area (Å²) in [6.07, 6.45) is -0.366. The maximum absolute atomic E-state index is 12.6. The lowest BCUT2D eigenvalue weighted by atomic mass is 10.2. The second kappa shape index (κ2) is 6.14. The fraction of sp³-hybridized carbons (Fsp3) is 0.833. The van der Waals surface area contributed by atoms with Crippen LogP contribution < -0.4 is 0 Å². The van der Waals surface area contributed by atoms with Gasteiger partial charge in [0.1, 0.15) is 25.4 Å². The van der Waals surface area contributed by atoms with E-state index in [-0.39, 0.29) is 17.2 Å². The third-order valence-corrected chi connectivity index (χ3v) is 9.02. The number of nitrogens with zero attached hydrogens (tertiary/aromatic N) is 1. The molecule has 0 aliphatic carbocycles. The van der Waals surface area contributed by atoms with Gasteiger partial charge in [-0.25, -0.2) is 4.79 Å². The topological polar surface area (TPSA) is 38.8 Å². The third-order valence-electron chi connectivity index (χ3n) is 4.50. The smallest absolute Gasteiger partial charge is 0.413 e. The number of carbonyl (C=O) groups is 1. The predicted octanol–water partition coefficient (Wildman–Crippen LogP) is 4.41. The molecule has 1 amide bonds. The van der Waals surface area contributed by atoms with Crippen LogP contribution in [0.4, 0.5) is 4.79 Å². The van der Waals surface area contributed by atoms with Gasteiger partial charge < -0.3 is 9.47 Å². The van der Waals surface area contributed by atoms with Gasteiger partial charge >= 0.3 is 6.09 Å². The summed E-state index contributed by atoms with van der Waals surface area (Å²) in [5.74, 6) is 3.31. The molecular weight excluding hydrogens is 306 g/mol. The first-order chi connectivity index (χ1) is 10.1. The molecule has 4 nitrogen and oxygen atoms in total. The Labute approximate surface area is 142 Å². The first-order valence-electron chi connectivity index (χ1n) is 8.26. The quantitative estimate of drug-likeness (QED) is 0.485. The molecule has 0 N–H and O–H groups in total. The molecule has 1 atom stereocenters. The molecule has 1 saturated heterocycles. The van der Waals surface area contributed by atoms with E-state index in [9.17, 15) is 4.79 Å². The average molecular weight is 340 g/mol. The van der Waals surface area contributed by atoms with Crippen LogP contribution in [0.3, 0.4) is 0 Å². The lowest BCUT2D eigenvalue weighted by molar-refractivity contribution is -0.0608. The van der Waals surface area contributed by atoms with Crippen molar-refractivity contribution in [3.05, 3.63) is 0 Å². The number of rotatable bonds is 0. The van der Waals surface area contributed by atoms with E-state index < -0.39 is 19.4 Å². The van der Waals surface area contributed by atoms with Crippen molar-refractivity contribution in [2.75, 3.05) is 6.61 Å². The molecule has 1 aliphatic heterocycles. The van der Waals surface area contributed by atoms with Gasteiger partial charge in [0.25, 0.3) is 0 Å². The van der Waals surface area contributed by atoms with E-state index in [1.165, 1.54) is 0 Å². The summed E-state index contributed by atoms with van der Waals surface area (Å²) >= 11 is 0. The zero-order valence-corrected chi connectivity index (χ0v) is 17.5. The SMILES string of the molecule is CC(C)(C)OC(=O)N1[C@H](C#C[Si](C)(C)C(C)(C)C)COC1(C)C. The lowest BCUT2D eigenvalue weighted by Crippen LogP contribution is -2.49. The Morgan fingerprint density at radius 3 is 2.17 bits per heavy atom. The van der Waals surface area contributed by atoms with Crippen LogP contribution in [0.5, 0.6) is 0 Å². The van der Waals surface area contributed by atoms with Crippen LogP contribution in [-0.2, 0) is 9.47 Å². The molecule has 0 aromatic rings. The van der Waals surface area contributed by atoms with Crippen LogP contribution in [0.25, 0.3) is 0 Å². The first-order valence-corrected chi connectivity index (χ1v) is 11.3. The molecule has 1 fully saturated rings. The van der Waals surface area contributed by atoms with E-state index in [0.717, 1.165) is 0 Å². The van der Waals surface area contributed by atoms with E-state index in [1.54, 1.807) is 4.90 Å². The second-order valence-electron chi connectivity index (χ2n) is 9.27. The van der Waals surface area contributed by atoms with Crippen molar-refractivity contribution in [1.82, 2.24) is 4.90 Å². The Bertz CT molecular complexity index is 515. The van der Waals surface area contributed by atoms with Gasteiger partial charge in [-0.15, -0.1) is 5.54 Å². The Morgan fingerprint density at radius 2 is 1.74 bits per heavy atom. The Balaban J connectivity index is 3.06. The molecular formula is C18H33NO3Si. The lowest BCUT2D eigenvalue weighted by Gasteiger charge is -2.34. The molecule has 0 unspecified atom stereocenters. The normalized spacial score (nSPS) is 21.7. The summed E-state index contributed by atoms with van der Waals surface area (Å²) in [7, 11) is -1.73. The van der Waals surface area contributed by atoms with Gasteiger partial charge in [-0.1, -0.05) is 39.8 Å². The minimum atomic E-state index is -1.73. The Hall–Kier alpha value is -0.993. The minimum Gasteiger partial charge on any atom is -0.444 e. The van der Waals surface area contributed by atoms with Crippen molar-refractivity contribution >= 4 is 14.2 Å². The van der Waals surface area contributed by atoms with Crippen LogP contribution in [-0.4, -0.2) is 43.0 Å². The van der Waals surface area contributed by atoms with Gasteiger partial charge in [-0.2, -0.15) is 0 Å². The highest BCUT2D eigenvalue weighted by Gasteiger charge is 2.45. The molecule has 0 spiro atoms. The number of amides is 1. The second-order valence-corrected chi connectivity index (χ2v) is 14.3. The zero-order chi connectivity index (χ0) is 18.3. The highest BCUT2D eigenvalue weighted by Crippen LogP contribution is 2.35. The molecule has 0 aromatic carbocycles. The van der Waals surface area contributed by atoms with Crippen molar-refractivity contribution in [1.29, 1.82) is 0 Å². The molecule has 0 aromatic heterocycles. The van der Waals surface area contributed by atoms with Crippen molar-refractivity contribution in [3.63, 3.8) is 0 Å². The number of hydrogen-bond donors (Lipinski definition) is 0. The number of hydrogen-bond acceptors (Lipinski definition) is 3. The van der Waals surface area contributed by atoms with Crippen LogP contribution in [0, 0.1) is 11.5 Å². The molecule has 1 rings (SSSR count). The van der Waals surface area contributed by atoms with E-state index in [0.29, 0.717) is 6.61 Å². The van der Waals surface area contributed by atoms with Gasteiger partial charge in [-0.05, 0) is 39.7 Å². The highest BCUT2D eigenvalue weighted by molar-refractivity contribution is 6.87. The van der Waals surface area contributed by atoms with Crippen LogP contribution >= 0.6 is 0 Å². The summed E-state index contributed by atoms with van der Waals surface area (Å²) in [4.78, 5) is 14.2. The Kier molecular flexibility index (Phi) is 5.35. The van der Waals surface area contributed by atoms with Crippen LogP contribution in [0.1, 0.15) is 55.4 Å². The van der Waals surface area contributed by atoms with Crippen molar-refractivity contribution in [3.8, 4) is 11.5 Å². The Morgan fingerprint density at radius 1 is 1.22 bits per heavy atom. The van der Waals surface area contributed by atoms with Gasteiger partial charge in [-0.3, -0.25) is 4.90 Å². The maximum atomic E-state index is 12.6. The monoisotopic (exact) mass is 339 g/mol. The van der Waals surface area contributed by atoms with Crippen molar-refractivity contribution < 1.29 is 14.3 Å². The molecule has 1 heterocycles. The highest BCUT2D eigenvalue weighted by atomic mass is 28.3. The first kappa shape index (κ1) is 20.1. The molecule has 0 radical (unpaired) electrons. The largest absolute Gasteiger partial charge is 0.444 e. The molecule has 5 heteroatoms. The summed E-state index contributed by atoms with van der Waals surface area (Å²) in [5, 5.41) is 0.186. The van der Waals surface area contributed by atoms with Gasteiger partial charge in [0.15, 0.2) is 0 Å². The van der Waals surface area contributed by atoms with Gasteiger partial charge in [0.05, 0.1) is 6.61 Å². The van der Waals surface area contributed by atoms with Gasteiger partial charge in [0.2, 0.25) is 0 Å². The molecule has 0 saturated carbocycles. The molecule has 1 aliphatic rings. The average Bonchev–Trinajstić information content (AvgIpc) is 2.58. The van der Waals surface area contributed by atoms with Crippen LogP contribution in [0.2, 0.25) is 18.1 Å². The fourth-order valence-electron chi connectivity index (χ4n) is 2.02. The standard InChI is InChI=1S/C18H33NO3Si/c1-16(2,3)22-15(20)19-14(13-21-18(19,7)8)11-12-23(9,10)17(4,5)6/h14H,13H2,1-10H3/t14-/m1/s1. The third kappa shape index (κ3) is 4.99. The summed E-state index contributed by atoms with van der Waals surface area (Å²) in [6.45, 7) is 21.0. The summed E-state index contributed by atoms with van der Waals surface area (Å²) in [6, 6.07) is -0.256. The van der Waals surface area contributed by atoms with Crippen molar-refractivity contribution in [2.24, 2.45) is 0 Å². The fourth-order valence-corrected chi connectivity index (χ4v) is 2.92. The van der Waals surface area contributed by atoms with Gasteiger partial charge in [0, 0.05) is 0 Å². The van der Waals surface area contributed by atoms with E-state index in [4.69, 9.17) is 9.47 Å². The maximum Gasteiger partial charge on any atom is 0.413 e. The van der Waals surface area contributed by atoms with E-state index in [2.05, 4.69) is 45.3 Å². The van der Waals surface area contributed by atoms with Crippen molar-refractivity contribution in [2.45, 2.75) is 90.9 Å². The summed E-state index contributed by atoms with van der Waals surface area (Å²) < 4.78 is 11.3. The molecule has 23 heavy (non-hydrogen) atoms. The summed E-state index contributed by atoms with van der Waals surface area (Å²) in [5.41, 5.74) is 2.25. The minimum absolute atomic E-state index is 0.186. The molecule has 0 bridgehead atoms. The van der Waals surface area contributed by atoms with E-state index >= 15 is 0 Å². The number of ether oxygens (including phenoxy) is 2. The van der Waals surface area contributed by atoms with Crippen LogP contribution in [0.15, 0.2) is 0 Å². The predicted molar refractivity (Wildman–Crippen MR) is 96.9 cm³/mol. The number of carbonyl (C=O) groups excluding carboxylic acids is 1.